The van der Waals surface area contributed by atoms with Crippen molar-refractivity contribution in [1.82, 2.24) is 19.7 Å². The summed E-state index contributed by atoms with van der Waals surface area (Å²) < 4.78 is 57.9. The molecule has 0 unspecified atom stereocenters. The lowest BCUT2D eigenvalue weighted by atomic mass is 10.0. The zero-order valence-corrected chi connectivity index (χ0v) is 15.9. The fourth-order valence-electron chi connectivity index (χ4n) is 3.09. The first-order valence-electron chi connectivity index (χ1n) is 8.75. The summed E-state index contributed by atoms with van der Waals surface area (Å²) in [4.78, 5) is 21.0. The number of hydrogen-bond donors (Lipinski definition) is 1. The molecule has 1 atom stereocenters. The first-order chi connectivity index (χ1) is 13.8. The van der Waals surface area contributed by atoms with Gasteiger partial charge in [-0.1, -0.05) is 13.0 Å². The van der Waals surface area contributed by atoms with E-state index < -0.39 is 36.5 Å². The number of aromatic amines is 1. The van der Waals surface area contributed by atoms with Crippen molar-refractivity contribution >= 4 is 17.0 Å². The minimum Gasteiger partial charge on any atom is -0.432 e. The number of nitrogens with one attached hydrogen (secondary N) is 1. The van der Waals surface area contributed by atoms with Gasteiger partial charge in [-0.25, -0.2) is 13.5 Å². The molecule has 1 aromatic carbocycles. The van der Waals surface area contributed by atoms with Gasteiger partial charge in [-0.3, -0.25) is 9.78 Å². The predicted octanol–water partition coefficient (Wildman–Crippen LogP) is 3.40. The number of nitrogens with zero attached hydrogens (tertiary/aromatic N) is 4. The summed E-state index contributed by atoms with van der Waals surface area (Å²) in [5.74, 6) is -1.31. The number of fused-ring (bicyclic) bond motifs is 1. The number of alkyl halides is 3. The SMILES string of the molecule is CC[C@@H](c1ccc(OC(F)F)c(F)c1)n1nc(CF)c2c(=O)[nH]c(N(C)C)nc21. The highest BCUT2D eigenvalue weighted by Crippen LogP contribution is 2.30. The van der Waals surface area contributed by atoms with Crippen LogP contribution in [0.2, 0.25) is 0 Å². The minimum absolute atomic E-state index is 0.00896. The molecule has 0 aliphatic heterocycles. The molecule has 0 bridgehead atoms. The Labute approximate surface area is 162 Å². The van der Waals surface area contributed by atoms with Crippen LogP contribution in [0.1, 0.15) is 30.6 Å². The van der Waals surface area contributed by atoms with Gasteiger partial charge in [0.05, 0.1) is 6.04 Å². The minimum atomic E-state index is -3.15. The van der Waals surface area contributed by atoms with Crippen LogP contribution >= 0.6 is 0 Å². The molecule has 29 heavy (non-hydrogen) atoms. The van der Waals surface area contributed by atoms with Gasteiger partial charge >= 0.3 is 6.61 Å². The molecular weight excluding hydrogens is 394 g/mol. The molecular formula is C18H19F4N5O2. The van der Waals surface area contributed by atoms with E-state index in [1.165, 1.54) is 10.7 Å². The molecule has 156 valence electrons. The van der Waals surface area contributed by atoms with Crippen LogP contribution in [0.5, 0.6) is 5.75 Å². The molecule has 0 spiro atoms. The van der Waals surface area contributed by atoms with Crippen molar-refractivity contribution in [3.05, 3.63) is 45.6 Å². The highest BCUT2D eigenvalue weighted by atomic mass is 19.3. The van der Waals surface area contributed by atoms with Crippen molar-refractivity contribution in [1.29, 1.82) is 0 Å². The van der Waals surface area contributed by atoms with Crippen LogP contribution in [-0.2, 0) is 6.67 Å². The lowest BCUT2D eigenvalue weighted by Gasteiger charge is -2.18. The molecule has 11 heteroatoms. The second-order valence-corrected chi connectivity index (χ2v) is 6.50. The first-order valence-corrected chi connectivity index (χ1v) is 8.75. The number of H-pyrrole nitrogens is 1. The van der Waals surface area contributed by atoms with Crippen LogP contribution in [0.4, 0.5) is 23.5 Å². The fraction of sp³-hybridized carbons (Fsp3) is 0.389. The number of halogens is 4. The zero-order chi connectivity index (χ0) is 21.3. The Morgan fingerprint density at radius 1 is 1.31 bits per heavy atom. The van der Waals surface area contributed by atoms with E-state index in [9.17, 15) is 22.4 Å². The maximum Gasteiger partial charge on any atom is 0.387 e. The van der Waals surface area contributed by atoms with E-state index in [4.69, 9.17) is 0 Å². The van der Waals surface area contributed by atoms with Gasteiger partial charge in [0.15, 0.2) is 17.2 Å². The summed E-state index contributed by atoms with van der Waals surface area (Å²) in [5, 5.41) is 4.19. The van der Waals surface area contributed by atoms with E-state index in [1.807, 2.05) is 0 Å². The molecule has 3 aromatic rings. The average molecular weight is 413 g/mol. The van der Waals surface area contributed by atoms with Gasteiger partial charge in [0.2, 0.25) is 5.95 Å². The molecule has 3 rings (SSSR count). The van der Waals surface area contributed by atoms with Gasteiger partial charge in [0.1, 0.15) is 17.8 Å². The summed E-state index contributed by atoms with van der Waals surface area (Å²) >= 11 is 0. The molecule has 0 fully saturated rings. The maximum absolute atomic E-state index is 14.2. The van der Waals surface area contributed by atoms with Crippen molar-refractivity contribution in [3.63, 3.8) is 0 Å². The number of rotatable bonds is 7. The zero-order valence-electron chi connectivity index (χ0n) is 15.9. The summed E-state index contributed by atoms with van der Waals surface area (Å²) in [5.41, 5.74) is -0.102. The summed E-state index contributed by atoms with van der Waals surface area (Å²) in [6.07, 6.45) is 0.392. The lowest BCUT2D eigenvalue weighted by Crippen LogP contribution is -2.20. The summed E-state index contributed by atoms with van der Waals surface area (Å²) in [7, 11) is 3.35. The van der Waals surface area contributed by atoms with E-state index in [-0.39, 0.29) is 22.7 Å². The molecule has 0 aliphatic rings. The Morgan fingerprint density at radius 3 is 2.59 bits per heavy atom. The van der Waals surface area contributed by atoms with E-state index in [1.54, 1.807) is 25.9 Å². The van der Waals surface area contributed by atoms with Gasteiger partial charge in [-0.2, -0.15) is 18.9 Å². The standard InChI is InChI=1S/C18H19F4N5O2/c1-4-12(9-5-6-13(10(20)7-9)29-17(21)22)27-15-14(11(8-19)25-27)16(28)24-18(23-15)26(2)3/h5-7,12,17H,4,8H2,1-3H3,(H,23,24,28)/t12-/m0/s1. The number of aromatic nitrogens is 4. The van der Waals surface area contributed by atoms with Gasteiger partial charge < -0.3 is 9.64 Å². The van der Waals surface area contributed by atoms with Crippen LogP contribution in [0, 0.1) is 5.82 Å². The van der Waals surface area contributed by atoms with E-state index in [2.05, 4.69) is 19.8 Å². The summed E-state index contributed by atoms with van der Waals surface area (Å²) in [6.45, 7) is -2.35. The Morgan fingerprint density at radius 2 is 2.03 bits per heavy atom. The molecule has 0 saturated heterocycles. The van der Waals surface area contributed by atoms with Crippen molar-refractivity contribution in [2.24, 2.45) is 0 Å². The second-order valence-electron chi connectivity index (χ2n) is 6.50. The Hall–Kier alpha value is -3.11. The molecule has 1 N–H and O–H groups in total. The third-order valence-corrected chi connectivity index (χ3v) is 4.41. The van der Waals surface area contributed by atoms with Crippen LogP contribution in [0.25, 0.3) is 11.0 Å². The molecule has 2 heterocycles. The molecule has 0 saturated carbocycles. The van der Waals surface area contributed by atoms with Crippen molar-refractivity contribution in [3.8, 4) is 5.75 Å². The smallest absolute Gasteiger partial charge is 0.387 e. The van der Waals surface area contributed by atoms with E-state index >= 15 is 0 Å². The Bertz CT molecular complexity index is 1080. The molecule has 2 aromatic heterocycles. The van der Waals surface area contributed by atoms with Crippen LogP contribution in [0.3, 0.4) is 0 Å². The van der Waals surface area contributed by atoms with Gasteiger partial charge in [-0.05, 0) is 24.1 Å². The number of benzene rings is 1. The number of ether oxygens (including phenoxy) is 1. The molecule has 7 nitrogen and oxygen atoms in total. The summed E-state index contributed by atoms with van der Waals surface area (Å²) in [6, 6.07) is 2.94. The third-order valence-electron chi connectivity index (χ3n) is 4.41. The van der Waals surface area contributed by atoms with Gasteiger partial charge in [0, 0.05) is 14.1 Å². The fourth-order valence-corrected chi connectivity index (χ4v) is 3.09. The highest BCUT2D eigenvalue weighted by Gasteiger charge is 2.24. The highest BCUT2D eigenvalue weighted by molar-refractivity contribution is 5.78. The maximum atomic E-state index is 14.2. The normalized spacial score (nSPS) is 12.6. The quantitative estimate of drug-likeness (QED) is 0.601. The second kappa shape index (κ2) is 8.10. The Balaban J connectivity index is 2.17. The molecule has 0 aliphatic carbocycles. The topological polar surface area (TPSA) is 76.0 Å². The van der Waals surface area contributed by atoms with Crippen LogP contribution < -0.4 is 15.2 Å². The van der Waals surface area contributed by atoms with Crippen LogP contribution in [0.15, 0.2) is 23.0 Å². The number of hydrogen-bond acceptors (Lipinski definition) is 5. The van der Waals surface area contributed by atoms with Gasteiger partial charge in [-0.15, -0.1) is 0 Å². The van der Waals surface area contributed by atoms with Crippen molar-refractivity contribution in [2.75, 3.05) is 19.0 Å². The molecule has 0 radical (unpaired) electrons. The largest absolute Gasteiger partial charge is 0.432 e. The number of anilines is 1. The van der Waals surface area contributed by atoms with Crippen molar-refractivity contribution < 1.29 is 22.3 Å². The van der Waals surface area contributed by atoms with E-state index in [0.717, 1.165) is 12.1 Å². The first kappa shape index (κ1) is 20.6. The Kier molecular flexibility index (Phi) is 5.76. The lowest BCUT2D eigenvalue weighted by molar-refractivity contribution is -0.0522. The van der Waals surface area contributed by atoms with Crippen LogP contribution in [-0.4, -0.2) is 40.5 Å². The predicted molar refractivity (Wildman–Crippen MR) is 98.7 cm³/mol. The monoisotopic (exact) mass is 413 g/mol. The van der Waals surface area contributed by atoms with E-state index in [0.29, 0.717) is 12.0 Å². The van der Waals surface area contributed by atoms with Crippen molar-refractivity contribution in [2.45, 2.75) is 32.7 Å². The molecule has 0 amide bonds. The average Bonchev–Trinajstić information content (AvgIpc) is 3.03. The third kappa shape index (κ3) is 3.89. The van der Waals surface area contributed by atoms with Gasteiger partial charge in [0.25, 0.3) is 5.56 Å².